The van der Waals surface area contributed by atoms with E-state index in [4.69, 9.17) is 4.74 Å². The fraction of sp³-hybridized carbons (Fsp3) is 0.150. The lowest BCUT2D eigenvalue weighted by molar-refractivity contribution is -0.123. The summed E-state index contributed by atoms with van der Waals surface area (Å²) < 4.78 is 30.1. The van der Waals surface area contributed by atoms with Crippen LogP contribution in [0.15, 0.2) is 65.6 Å². The molecule has 0 bridgehead atoms. The normalized spacial score (nSPS) is 11.3. The average molecular weight is 384 g/mol. The Bertz CT molecular complexity index is 1090. The summed E-state index contributed by atoms with van der Waals surface area (Å²) in [5.74, 6) is -0.0526. The van der Waals surface area contributed by atoms with Crippen molar-refractivity contribution in [3.63, 3.8) is 0 Å². The first-order valence-electron chi connectivity index (χ1n) is 8.35. The number of aryl methyl sites for hydroxylation is 2. The van der Waals surface area contributed by atoms with E-state index in [1.54, 1.807) is 18.2 Å². The number of ether oxygens (including phenoxy) is 1. The molecule has 3 aromatic rings. The molecule has 0 atom stereocenters. The second-order valence-electron chi connectivity index (χ2n) is 6.20. The van der Waals surface area contributed by atoms with Gasteiger partial charge >= 0.3 is 0 Å². The van der Waals surface area contributed by atoms with Crippen molar-refractivity contribution in [2.24, 2.45) is 0 Å². The number of hydrazine groups is 1. The van der Waals surface area contributed by atoms with E-state index in [9.17, 15) is 13.2 Å². The maximum absolute atomic E-state index is 12.4. The van der Waals surface area contributed by atoms with Crippen LogP contribution in [0.4, 0.5) is 0 Å². The lowest BCUT2D eigenvalue weighted by atomic mass is 10.1. The number of amides is 1. The molecule has 1 amide bonds. The lowest BCUT2D eigenvalue weighted by Gasteiger charge is -2.11. The Kier molecular flexibility index (Phi) is 5.43. The first kappa shape index (κ1) is 18.9. The standard InChI is InChI=1S/C20H20N2O4S/c1-14-7-9-18(11-15(14)2)26-13-20(23)21-22-27(24,25)19-10-8-16-5-3-4-6-17(16)12-19/h3-12,22H,13H2,1-2H3,(H,21,23). The molecule has 0 heterocycles. The van der Waals surface area contributed by atoms with Crippen LogP contribution < -0.4 is 15.0 Å². The molecule has 0 unspecified atom stereocenters. The van der Waals surface area contributed by atoms with E-state index in [1.165, 1.54) is 6.07 Å². The predicted molar refractivity (Wildman–Crippen MR) is 104 cm³/mol. The highest BCUT2D eigenvalue weighted by Gasteiger charge is 2.15. The molecule has 3 rings (SSSR count). The van der Waals surface area contributed by atoms with Gasteiger partial charge in [-0.25, -0.2) is 8.42 Å². The van der Waals surface area contributed by atoms with Gasteiger partial charge in [0.1, 0.15) is 5.75 Å². The quantitative estimate of drug-likeness (QED) is 0.640. The van der Waals surface area contributed by atoms with Crippen LogP contribution in [0.25, 0.3) is 10.8 Å². The van der Waals surface area contributed by atoms with Gasteiger partial charge in [-0.05, 0) is 60.0 Å². The number of benzene rings is 3. The van der Waals surface area contributed by atoms with Crippen LogP contribution >= 0.6 is 0 Å². The van der Waals surface area contributed by atoms with Crippen molar-refractivity contribution in [3.05, 3.63) is 71.8 Å². The van der Waals surface area contributed by atoms with Crippen molar-refractivity contribution < 1.29 is 17.9 Å². The molecule has 0 fully saturated rings. The smallest absolute Gasteiger partial charge is 0.272 e. The van der Waals surface area contributed by atoms with Gasteiger partial charge < -0.3 is 4.74 Å². The average Bonchev–Trinajstić information content (AvgIpc) is 2.67. The van der Waals surface area contributed by atoms with Gasteiger partial charge in [0.05, 0.1) is 4.90 Å². The summed E-state index contributed by atoms with van der Waals surface area (Å²) in [7, 11) is -3.88. The van der Waals surface area contributed by atoms with Gasteiger partial charge in [0.15, 0.2) is 6.61 Å². The third-order valence-corrected chi connectivity index (χ3v) is 5.45. The summed E-state index contributed by atoms with van der Waals surface area (Å²) >= 11 is 0. The summed E-state index contributed by atoms with van der Waals surface area (Å²) in [6, 6.07) is 17.7. The molecular formula is C20H20N2O4S. The number of carbonyl (C=O) groups is 1. The zero-order valence-electron chi connectivity index (χ0n) is 15.0. The molecule has 0 saturated carbocycles. The Morgan fingerprint density at radius 1 is 0.926 bits per heavy atom. The third-order valence-electron chi connectivity index (χ3n) is 4.20. The number of rotatable bonds is 6. The van der Waals surface area contributed by atoms with Crippen molar-refractivity contribution in [2.45, 2.75) is 18.7 Å². The Morgan fingerprint density at radius 3 is 2.41 bits per heavy atom. The maximum atomic E-state index is 12.4. The van der Waals surface area contributed by atoms with Crippen LogP contribution in [0.2, 0.25) is 0 Å². The summed E-state index contributed by atoms with van der Waals surface area (Å²) in [5.41, 5.74) is 4.33. The fourth-order valence-corrected chi connectivity index (χ4v) is 3.40. The second kappa shape index (κ2) is 7.77. The number of fused-ring (bicyclic) bond motifs is 1. The highest BCUT2D eigenvalue weighted by molar-refractivity contribution is 7.89. The van der Waals surface area contributed by atoms with Gasteiger partial charge in [-0.2, -0.15) is 0 Å². The summed E-state index contributed by atoms with van der Waals surface area (Å²) in [4.78, 5) is 14.1. The molecule has 0 aromatic heterocycles. The lowest BCUT2D eigenvalue weighted by Crippen LogP contribution is -2.43. The molecule has 0 saturated heterocycles. The monoisotopic (exact) mass is 384 g/mol. The van der Waals surface area contributed by atoms with Gasteiger partial charge in [0, 0.05) is 0 Å². The van der Waals surface area contributed by atoms with Crippen molar-refractivity contribution >= 4 is 26.7 Å². The number of hydrogen-bond acceptors (Lipinski definition) is 4. The molecule has 7 heteroatoms. The molecule has 0 radical (unpaired) electrons. The Hall–Kier alpha value is -2.90. The molecule has 0 aliphatic heterocycles. The van der Waals surface area contributed by atoms with Crippen LogP contribution in [-0.2, 0) is 14.8 Å². The van der Waals surface area contributed by atoms with Crippen LogP contribution in [-0.4, -0.2) is 20.9 Å². The maximum Gasteiger partial charge on any atom is 0.272 e. The molecule has 140 valence electrons. The van der Waals surface area contributed by atoms with E-state index in [0.717, 1.165) is 21.9 Å². The number of carbonyl (C=O) groups excluding carboxylic acids is 1. The van der Waals surface area contributed by atoms with Crippen molar-refractivity contribution in [2.75, 3.05) is 6.61 Å². The summed E-state index contributed by atoms with van der Waals surface area (Å²) in [5, 5.41) is 1.73. The molecule has 0 spiro atoms. The van der Waals surface area contributed by atoms with Gasteiger partial charge in [0.2, 0.25) is 0 Å². The van der Waals surface area contributed by atoms with E-state index in [0.29, 0.717) is 5.75 Å². The molecule has 3 aromatic carbocycles. The van der Waals surface area contributed by atoms with Crippen molar-refractivity contribution in [1.29, 1.82) is 0 Å². The van der Waals surface area contributed by atoms with Crippen LogP contribution in [0.1, 0.15) is 11.1 Å². The van der Waals surface area contributed by atoms with E-state index in [2.05, 4.69) is 10.3 Å². The second-order valence-corrected chi connectivity index (χ2v) is 7.88. The minimum Gasteiger partial charge on any atom is -0.484 e. The van der Waals surface area contributed by atoms with Crippen LogP contribution in [0.3, 0.4) is 0 Å². The number of sulfonamides is 1. The minimum atomic E-state index is -3.88. The largest absolute Gasteiger partial charge is 0.484 e. The SMILES string of the molecule is Cc1ccc(OCC(=O)NNS(=O)(=O)c2ccc3ccccc3c2)cc1C. The number of nitrogens with one attached hydrogen (secondary N) is 2. The molecule has 0 aliphatic carbocycles. The number of hydrogen-bond donors (Lipinski definition) is 2. The van der Waals surface area contributed by atoms with Gasteiger partial charge in [0.25, 0.3) is 15.9 Å². The molecule has 2 N–H and O–H groups in total. The van der Waals surface area contributed by atoms with Gasteiger partial charge in [-0.1, -0.05) is 36.4 Å². The fourth-order valence-electron chi connectivity index (χ4n) is 2.51. The first-order valence-corrected chi connectivity index (χ1v) is 9.83. The zero-order chi connectivity index (χ0) is 19.4. The highest BCUT2D eigenvalue weighted by Crippen LogP contribution is 2.18. The highest BCUT2D eigenvalue weighted by atomic mass is 32.2. The minimum absolute atomic E-state index is 0.0663. The molecular weight excluding hydrogens is 364 g/mol. The zero-order valence-corrected chi connectivity index (χ0v) is 15.8. The summed E-state index contributed by atoms with van der Waals surface area (Å²) in [6.07, 6.45) is 0. The third kappa shape index (κ3) is 4.64. The molecule has 6 nitrogen and oxygen atoms in total. The Morgan fingerprint density at radius 2 is 1.67 bits per heavy atom. The van der Waals surface area contributed by atoms with Crippen LogP contribution in [0.5, 0.6) is 5.75 Å². The van der Waals surface area contributed by atoms with E-state index in [1.807, 2.05) is 50.2 Å². The predicted octanol–water partition coefficient (Wildman–Crippen LogP) is 2.85. The molecule has 27 heavy (non-hydrogen) atoms. The molecule has 0 aliphatic rings. The first-order chi connectivity index (χ1) is 12.8. The van der Waals surface area contributed by atoms with E-state index >= 15 is 0 Å². The Labute approximate surface area is 158 Å². The summed E-state index contributed by atoms with van der Waals surface area (Å²) in [6.45, 7) is 3.62. The van der Waals surface area contributed by atoms with E-state index in [-0.39, 0.29) is 11.5 Å². The van der Waals surface area contributed by atoms with Crippen molar-refractivity contribution in [1.82, 2.24) is 10.3 Å². The van der Waals surface area contributed by atoms with Crippen LogP contribution in [0, 0.1) is 13.8 Å². The topological polar surface area (TPSA) is 84.5 Å². The van der Waals surface area contributed by atoms with Gasteiger partial charge in [-0.3, -0.25) is 10.2 Å². The van der Waals surface area contributed by atoms with Gasteiger partial charge in [-0.15, -0.1) is 4.83 Å². The van der Waals surface area contributed by atoms with Crippen molar-refractivity contribution in [3.8, 4) is 5.75 Å². The Balaban J connectivity index is 1.60. The van der Waals surface area contributed by atoms with E-state index < -0.39 is 15.9 Å².